The fourth-order valence-electron chi connectivity index (χ4n) is 9.34. The molecule has 0 saturated heterocycles. The van der Waals surface area contributed by atoms with Gasteiger partial charge >= 0.3 is 0 Å². The molecular weight excluding hydrogens is 637 g/mol. The average Bonchev–Trinajstić information content (AvgIpc) is 3.55. The van der Waals surface area contributed by atoms with Gasteiger partial charge in [-0.15, -0.1) is 0 Å². The first-order valence-electron chi connectivity index (χ1n) is 18.5. The number of para-hydroxylation sites is 2. The van der Waals surface area contributed by atoms with E-state index < -0.39 is 5.41 Å². The Kier molecular flexibility index (Phi) is 6.53. The summed E-state index contributed by atoms with van der Waals surface area (Å²) < 4.78 is 16.3. The maximum Gasteiger partial charge on any atom is 0.134 e. The van der Waals surface area contributed by atoms with Crippen LogP contribution < -0.4 is 14.8 Å². The second kappa shape index (κ2) is 11.5. The van der Waals surface area contributed by atoms with E-state index >= 15 is 0 Å². The first-order chi connectivity index (χ1) is 25.8. The molecule has 0 radical (unpaired) electrons. The van der Waals surface area contributed by atoms with Gasteiger partial charge in [0.2, 0.25) is 0 Å². The summed E-state index contributed by atoms with van der Waals surface area (Å²) in [6.45, 7) is 0.943. The summed E-state index contributed by atoms with van der Waals surface area (Å²) in [7, 11) is 0. The molecule has 0 saturated carbocycles. The van der Waals surface area contributed by atoms with Gasteiger partial charge in [0, 0.05) is 51.0 Å². The third-order valence-electron chi connectivity index (χ3n) is 11.6. The zero-order valence-corrected chi connectivity index (χ0v) is 28.8. The Morgan fingerprint density at radius 1 is 0.596 bits per heavy atom. The minimum atomic E-state index is -0.638. The summed E-state index contributed by atoms with van der Waals surface area (Å²) in [6, 6.07) is 39.7. The molecular formula is C48H37N2O2+. The van der Waals surface area contributed by atoms with Crippen LogP contribution in [0.25, 0.3) is 34.5 Å². The van der Waals surface area contributed by atoms with E-state index in [0.29, 0.717) is 0 Å². The standard InChI is InChI=1S/C48H36N2O2/c1-5-18-42-36(14-1)37-15-2-6-19-43(37)50(42)35-23-25-41-47(29-35)52-45-21-8-4-17-39(45)48(41)38-16-3-7-20-44(38)51-46-28-33(22-24-40(46)48)31-11-9-12-32(27-31)34-13-10-26-49-30-34/h1,3-4,6-14,16-17,19-29,49H,2,5,15,18,30H2/p+1. The summed E-state index contributed by atoms with van der Waals surface area (Å²) in [4.78, 5) is 0. The molecule has 4 nitrogen and oxygen atoms in total. The quantitative estimate of drug-likeness (QED) is 0.203. The van der Waals surface area contributed by atoms with Gasteiger partial charge in [0.05, 0.1) is 11.6 Å². The molecule has 1 aromatic heterocycles. The highest BCUT2D eigenvalue weighted by Crippen LogP contribution is 2.62. The van der Waals surface area contributed by atoms with Gasteiger partial charge in [0.25, 0.3) is 0 Å². The molecule has 0 fully saturated rings. The van der Waals surface area contributed by atoms with Crippen molar-refractivity contribution >= 4 is 17.7 Å². The molecule has 52 heavy (non-hydrogen) atoms. The Bertz CT molecular complexity index is 2580. The van der Waals surface area contributed by atoms with E-state index in [0.717, 1.165) is 88.7 Å². The maximum absolute atomic E-state index is 6.93. The van der Waals surface area contributed by atoms with Crippen molar-refractivity contribution in [1.29, 1.82) is 0 Å². The number of quaternary nitrogens is 1. The summed E-state index contributed by atoms with van der Waals surface area (Å²) >= 11 is 0. The smallest absolute Gasteiger partial charge is 0.134 e. The van der Waals surface area contributed by atoms with Crippen LogP contribution in [-0.2, 0) is 18.3 Å². The number of allylic oxidation sites excluding steroid dienone is 4. The molecule has 4 heterocycles. The summed E-state index contributed by atoms with van der Waals surface area (Å²) in [5.74, 6) is 3.49. The molecule has 0 bridgehead atoms. The number of aromatic nitrogens is 1. The summed E-state index contributed by atoms with van der Waals surface area (Å²) in [6.07, 6.45) is 20.0. The Morgan fingerprint density at radius 3 is 2.10 bits per heavy atom. The number of ether oxygens (including phenoxy) is 2. The fraction of sp³-hybridized carbons (Fsp3) is 0.125. The van der Waals surface area contributed by atoms with Gasteiger partial charge < -0.3 is 19.4 Å². The SMILES string of the molecule is C1=C[NH2+]CC(c2cccc(-c3ccc4c(c3)Oc3ccccc3C43c4ccccc4Oc4cc(-n5c6c(c7c5CCC=C7)CCC=C6)ccc43)c2)=C1. The van der Waals surface area contributed by atoms with Gasteiger partial charge in [0.1, 0.15) is 29.5 Å². The van der Waals surface area contributed by atoms with Crippen molar-refractivity contribution in [3.8, 4) is 39.8 Å². The Labute approximate surface area is 303 Å². The van der Waals surface area contributed by atoms with E-state index in [4.69, 9.17) is 9.47 Å². The molecule has 3 aliphatic heterocycles. The molecule has 11 rings (SSSR count). The van der Waals surface area contributed by atoms with E-state index in [1.54, 1.807) is 0 Å². The largest absolute Gasteiger partial charge is 0.457 e. The molecule has 2 N–H and O–H groups in total. The van der Waals surface area contributed by atoms with E-state index in [2.05, 4.69) is 162 Å². The minimum absolute atomic E-state index is 0.638. The molecule has 5 aromatic carbocycles. The Balaban J connectivity index is 1.12. The van der Waals surface area contributed by atoms with Crippen LogP contribution in [-0.4, -0.2) is 11.1 Å². The van der Waals surface area contributed by atoms with Gasteiger partial charge in [-0.3, -0.25) is 0 Å². The van der Waals surface area contributed by atoms with Crippen LogP contribution in [0.4, 0.5) is 0 Å². The second-order valence-electron chi connectivity index (χ2n) is 14.4. The minimum Gasteiger partial charge on any atom is -0.457 e. The topological polar surface area (TPSA) is 40.0 Å². The van der Waals surface area contributed by atoms with Crippen LogP contribution in [0, 0.1) is 0 Å². The molecule has 5 aliphatic rings. The van der Waals surface area contributed by atoms with Crippen molar-refractivity contribution in [3.63, 3.8) is 0 Å². The van der Waals surface area contributed by atoms with Crippen molar-refractivity contribution in [3.05, 3.63) is 190 Å². The van der Waals surface area contributed by atoms with Crippen molar-refractivity contribution in [2.75, 3.05) is 6.54 Å². The predicted octanol–water partition coefficient (Wildman–Crippen LogP) is 10.1. The van der Waals surface area contributed by atoms with Gasteiger partial charge in [-0.1, -0.05) is 91.0 Å². The third-order valence-corrected chi connectivity index (χ3v) is 11.6. The normalized spacial score (nSPS) is 18.6. The first kappa shape index (κ1) is 29.6. The number of rotatable bonds is 3. The van der Waals surface area contributed by atoms with Crippen molar-refractivity contribution < 1.29 is 14.8 Å². The van der Waals surface area contributed by atoms with Crippen LogP contribution in [0.15, 0.2) is 140 Å². The zero-order chi connectivity index (χ0) is 34.2. The Hall–Kier alpha value is -6.10. The van der Waals surface area contributed by atoms with Crippen molar-refractivity contribution in [1.82, 2.24) is 4.57 Å². The van der Waals surface area contributed by atoms with Crippen molar-refractivity contribution in [2.45, 2.75) is 31.1 Å². The van der Waals surface area contributed by atoms with Crippen LogP contribution in [0.1, 0.15) is 63.2 Å². The van der Waals surface area contributed by atoms with E-state index in [-0.39, 0.29) is 0 Å². The highest BCUT2D eigenvalue weighted by molar-refractivity contribution is 5.80. The van der Waals surface area contributed by atoms with Crippen LogP contribution in [0.2, 0.25) is 0 Å². The number of benzene rings is 5. The molecule has 2 aliphatic carbocycles. The number of hydrogen-bond acceptors (Lipinski definition) is 2. The predicted molar refractivity (Wildman–Crippen MR) is 208 cm³/mol. The lowest BCUT2D eigenvalue weighted by Gasteiger charge is -2.45. The molecule has 0 amide bonds. The third kappa shape index (κ3) is 4.25. The summed E-state index contributed by atoms with van der Waals surface area (Å²) in [5, 5.41) is 2.21. The lowest BCUT2D eigenvalue weighted by molar-refractivity contribution is -0.576. The van der Waals surface area contributed by atoms with E-state index in [1.807, 2.05) is 0 Å². The fourth-order valence-corrected chi connectivity index (χ4v) is 9.34. The van der Waals surface area contributed by atoms with Gasteiger partial charge in [-0.2, -0.15) is 0 Å². The lowest BCUT2D eigenvalue weighted by atomic mass is 9.62. The Morgan fingerprint density at radius 2 is 1.29 bits per heavy atom. The molecule has 6 aromatic rings. The van der Waals surface area contributed by atoms with Gasteiger partial charge in [-0.05, 0) is 102 Å². The molecule has 1 spiro atoms. The number of hydrogen-bond donors (Lipinski definition) is 1. The van der Waals surface area contributed by atoms with Crippen molar-refractivity contribution in [2.24, 2.45) is 0 Å². The van der Waals surface area contributed by atoms with Crippen LogP contribution in [0.5, 0.6) is 23.0 Å². The lowest BCUT2D eigenvalue weighted by Crippen LogP contribution is -2.78. The number of nitrogens with two attached hydrogens (primary N) is 1. The zero-order valence-electron chi connectivity index (χ0n) is 28.8. The number of fused-ring (bicyclic) bond motifs is 11. The molecule has 4 heteroatoms. The van der Waals surface area contributed by atoms with Gasteiger partial charge in [0.15, 0.2) is 0 Å². The first-order valence-corrected chi connectivity index (χ1v) is 18.5. The molecule has 1 unspecified atom stereocenters. The second-order valence-corrected chi connectivity index (χ2v) is 14.4. The van der Waals surface area contributed by atoms with E-state index in [1.165, 1.54) is 39.2 Å². The summed E-state index contributed by atoms with van der Waals surface area (Å²) in [5.41, 5.74) is 15.5. The van der Waals surface area contributed by atoms with Gasteiger partial charge in [-0.25, -0.2) is 0 Å². The molecule has 1 atom stereocenters. The van der Waals surface area contributed by atoms with Crippen LogP contribution in [0.3, 0.4) is 0 Å². The maximum atomic E-state index is 6.93. The van der Waals surface area contributed by atoms with E-state index in [9.17, 15) is 0 Å². The monoisotopic (exact) mass is 673 g/mol. The highest BCUT2D eigenvalue weighted by Gasteiger charge is 2.50. The van der Waals surface area contributed by atoms with Crippen LogP contribution >= 0.6 is 0 Å². The average molecular weight is 674 g/mol. The highest BCUT2D eigenvalue weighted by atomic mass is 16.5. The number of nitrogens with zero attached hydrogens (tertiary/aromatic N) is 1. The molecule has 250 valence electrons.